The quantitative estimate of drug-likeness (QED) is 0.767. The molecule has 1 aliphatic carbocycles. The summed E-state index contributed by atoms with van der Waals surface area (Å²) < 4.78 is 11.0. The molecule has 0 aromatic carbocycles. The van der Waals surface area contributed by atoms with Crippen LogP contribution >= 0.6 is 0 Å². The molecule has 2 saturated heterocycles. The highest BCUT2D eigenvalue weighted by Crippen LogP contribution is 2.43. The van der Waals surface area contributed by atoms with E-state index in [1.165, 1.54) is 19.3 Å². The second kappa shape index (κ2) is 6.75. The molecule has 0 bridgehead atoms. The zero-order chi connectivity index (χ0) is 15.5. The van der Waals surface area contributed by atoms with E-state index in [-0.39, 0.29) is 11.4 Å². The van der Waals surface area contributed by atoms with Gasteiger partial charge in [-0.1, -0.05) is 6.42 Å². The maximum Gasteiger partial charge on any atom is 0.317 e. The van der Waals surface area contributed by atoms with Gasteiger partial charge in [-0.2, -0.15) is 0 Å². The van der Waals surface area contributed by atoms with Crippen LogP contribution in [0.4, 0.5) is 4.79 Å². The molecule has 3 fully saturated rings. The van der Waals surface area contributed by atoms with Gasteiger partial charge in [-0.15, -0.1) is 0 Å². The van der Waals surface area contributed by atoms with Gasteiger partial charge in [0.1, 0.15) is 0 Å². The van der Waals surface area contributed by atoms with Gasteiger partial charge in [-0.25, -0.2) is 4.79 Å². The van der Waals surface area contributed by atoms with Crippen LogP contribution in [0.2, 0.25) is 0 Å². The van der Waals surface area contributed by atoms with E-state index in [0.717, 1.165) is 65.3 Å². The van der Waals surface area contributed by atoms with Crippen molar-refractivity contribution < 1.29 is 14.3 Å². The van der Waals surface area contributed by atoms with Crippen LogP contribution in [-0.4, -0.2) is 57.0 Å². The topological polar surface area (TPSA) is 50.8 Å². The molecule has 1 spiro atoms. The molecule has 0 aromatic heterocycles. The largest absolute Gasteiger partial charge is 0.382 e. The molecule has 126 valence electrons. The number of likely N-dealkylation sites (tertiary alicyclic amines) is 1. The molecule has 1 N–H and O–H groups in total. The summed E-state index contributed by atoms with van der Waals surface area (Å²) in [6.45, 7) is 7.86. The number of amides is 2. The summed E-state index contributed by atoms with van der Waals surface area (Å²) in [6.07, 6.45) is 6.99. The Balaban J connectivity index is 1.44. The lowest BCUT2D eigenvalue weighted by molar-refractivity contribution is 0.0546. The minimum atomic E-state index is 0.117. The maximum atomic E-state index is 12.4. The smallest absolute Gasteiger partial charge is 0.317 e. The van der Waals surface area contributed by atoms with Crippen LogP contribution in [0.5, 0.6) is 0 Å². The third-order valence-corrected chi connectivity index (χ3v) is 5.92. The average molecular weight is 310 g/mol. The molecule has 5 nitrogen and oxygen atoms in total. The summed E-state index contributed by atoms with van der Waals surface area (Å²) in [5.74, 6) is 0. The molecule has 5 heteroatoms. The first-order valence-electron chi connectivity index (χ1n) is 8.85. The van der Waals surface area contributed by atoms with Crippen molar-refractivity contribution in [3.8, 4) is 0 Å². The van der Waals surface area contributed by atoms with Crippen molar-refractivity contribution in [2.24, 2.45) is 10.8 Å². The molecule has 22 heavy (non-hydrogen) atoms. The van der Waals surface area contributed by atoms with Gasteiger partial charge in [-0.05, 0) is 44.4 Å². The van der Waals surface area contributed by atoms with Gasteiger partial charge in [-0.3, -0.25) is 0 Å². The predicted molar refractivity (Wildman–Crippen MR) is 84.9 cm³/mol. The van der Waals surface area contributed by atoms with E-state index in [0.29, 0.717) is 5.41 Å². The monoisotopic (exact) mass is 310 g/mol. The summed E-state index contributed by atoms with van der Waals surface area (Å²) in [6, 6.07) is 0.117. The van der Waals surface area contributed by atoms with Crippen molar-refractivity contribution in [2.45, 2.75) is 45.4 Å². The minimum Gasteiger partial charge on any atom is -0.382 e. The number of nitrogens with one attached hydrogen (secondary N) is 1. The summed E-state index contributed by atoms with van der Waals surface area (Å²) in [7, 11) is 0. The number of ether oxygens (including phenoxy) is 2. The molecular formula is C17H30N2O3. The van der Waals surface area contributed by atoms with E-state index in [2.05, 4.69) is 5.32 Å². The number of carbonyl (C=O) groups is 1. The predicted octanol–water partition coefficient (Wildman–Crippen LogP) is 2.41. The summed E-state index contributed by atoms with van der Waals surface area (Å²) >= 11 is 0. The van der Waals surface area contributed by atoms with Crippen molar-refractivity contribution in [2.75, 3.05) is 46.1 Å². The third-order valence-electron chi connectivity index (χ3n) is 5.92. The van der Waals surface area contributed by atoms with Crippen LogP contribution < -0.4 is 5.32 Å². The third kappa shape index (κ3) is 3.40. The Labute approximate surface area is 133 Å². The van der Waals surface area contributed by atoms with E-state index < -0.39 is 0 Å². The van der Waals surface area contributed by atoms with Gasteiger partial charge in [0.2, 0.25) is 0 Å². The molecular weight excluding hydrogens is 280 g/mol. The van der Waals surface area contributed by atoms with Crippen LogP contribution in [0.15, 0.2) is 0 Å². The number of carbonyl (C=O) groups excluding carboxylic acids is 1. The SMILES string of the molecule is CCOCCC1(CNC(=O)N2CC[C@@]3(CCOC3)C2)CCC1. The highest BCUT2D eigenvalue weighted by molar-refractivity contribution is 5.74. The highest BCUT2D eigenvalue weighted by Gasteiger charge is 2.43. The molecule has 1 atom stereocenters. The average Bonchev–Trinajstić information content (AvgIpc) is 3.11. The molecule has 3 aliphatic rings. The Hall–Kier alpha value is -0.810. The Morgan fingerprint density at radius 1 is 1.32 bits per heavy atom. The van der Waals surface area contributed by atoms with Crippen molar-refractivity contribution in [3.05, 3.63) is 0 Å². The van der Waals surface area contributed by atoms with Crippen LogP contribution in [0.25, 0.3) is 0 Å². The normalized spacial score (nSPS) is 29.8. The fourth-order valence-electron chi connectivity index (χ4n) is 4.08. The van der Waals surface area contributed by atoms with E-state index in [4.69, 9.17) is 9.47 Å². The van der Waals surface area contributed by atoms with Crippen LogP contribution in [0.3, 0.4) is 0 Å². The molecule has 0 unspecified atom stereocenters. The van der Waals surface area contributed by atoms with Crippen molar-refractivity contribution in [3.63, 3.8) is 0 Å². The molecule has 2 aliphatic heterocycles. The molecule has 1 saturated carbocycles. The Kier molecular flexibility index (Phi) is 4.93. The van der Waals surface area contributed by atoms with Crippen molar-refractivity contribution in [1.82, 2.24) is 10.2 Å². The summed E-state index contributed by atoms with van der Waals surface area (Å²) in [4.78, 5) is 14.4. The number of hydrogen-bond acceptors (Lipinski definition) is 3. The molecule has 3 rings (SSSR count). The van der Waals surface area contributed by atoms with Crippen LogP contribution in [0, 0.1) is 10.8 Å². The minimum absolute atomic E-state index is 0.117. The molecule has 0 radical (unpaired) electrons. The van der Waals surface area contributed by atoms with E-state index in [1.54, 1.807) is 0 Å². The lowest BCUT2D eigenvalue weighted by atomic mass is 9.67. The lowest BCUT2D eigenvalue weighted by Gasteiger charge is -2.42. The standard InChI is InChI=1S/C17H30N2O3/c1-2-21-10-7-16(4-3-5-16)12-18-15(20)19-9-6-17(13-19)8-11-22-14-17/h2-14H2,1H3,(H,18,20)/t17-/m1/s1. The summed E-state index contributed by atoms with van der Waals surface area (Å²) in [5, 5.41) is 3.19. The zero-order valence-corrected chi connectivity index (χ0v) is 13.9. The fourth-order valence-corrected chi connectivity index (χ4v) is 4.08. The molecule has 0 aromatic rings. The van der Waals surface area contributed by atoms with Gasteiger partial charge in [0, 0.05) is 44.9 Å². The number of nitrogens with zero attached hydrogens (tertiary/aromatic N) is 1. The Morgan fingerprint density at radius 3 is 2.82 bits per heavy atom. The van der Waals surface area contributed by atoms with E-state index in [9.17, 15) is 4.79 Å². The first kappa shape index (κ1) is 16.1. The molecule has 2 heterocycles. The number of rotatable bonds is 6. The lowest BCUT2D eigenvalue weighted by Crippen LogP contribution is -2.47. The molecule has 2 amide bonds. The Morgan fingerprint density at radius 2 is 2.18 bits per heavy atom. The van der Waals surface area contributed by atoms with Crippen LogP contribution in [-0.2, 0) is 9.47 Å². The van der Waals surface area contributed by atoms with Gasteiger partial charge in [0.05, 0.1) is 6.61 Å². The van der Waals surface area contributed by atoms with Gasteiger partial charge >= 0.3 is 6.03 Å². The Bertz CT molecular complexity index is 389. The second-order valence-corrected chi connectivity index (χ2v) is 7.43. The maximum absolute atomic E-state index is 12.4. The highest BCUT2D eigenvalue weighted by atomic mass is 16.5. The van der Waals surface area contributed by atoms with E-state index >= 15 is 0 Å². The van der Waals surface area contributed by atoms with Gasteiger partial charge in [0.15, 0.2) is 0 Å². The van der Waals surface area contributed by atoms with Crippen molar-refractivity contribution >= 4 is 6.03 Å². The van der Waals surface area contributed by atoms with Crippen molar-refractivity contribution in [1.29, 1.82) is 0 Å². The van der Waals surface area contributed by atoms with Gasteiger partial charge in [0.25, 0.3) is 0 Å². The zero-order valence-electron chi connectivity index (χ0n) is 13.9. The fraction of sp³-hybridized carbons (Fsp3) is 0.941. The number of hydrogen-bond donors (Lipinski definition) is 1. The van der Waals surface area contributed by atoms with Gasteiger partial charge < -0.3 is 19.7 Å². The first-order chi connectivity index (χ1) is 10.7. The van der Waals surface area contributed by atoms with Crippen LogP contribution in [0.1, 0.15) is 45.4 Å². The summed E-state index contributed by atoms with van der Waals surface area (Å²) in [5.41, 5.74) is 0.541. The number of urea groups is 1. The second-order valence-electron chi connectivity index (χ2n) is 7.43. The van der Waals surface area contributed by atoms with E-state index in [1.807, 2.05) is 11.8 Å². The first-order valence-corrected chi connectivity index (χ1v) is 8.85.